The maximum Gasteiger partial charge on any atom is 0.343 e. The van der Waals surface area contributed by atoms with E-state index in [1.54, 1.807) is 7.11 Å². The summed E-state index contributed by atoms with van der Waals surface area (Å²) in [5, 5.41) is 0. The largest absolute Gasteiger partial charge is 0.459 e. The third kappa shape index (κ3) is 4.75. The van der Waals surface area contributed by atoms with Gasteiger partial charge >= 0.3 is 5.97 Å². The molecule has 10 heavy (non-hydrogen) atoms. The Morgan fingerprint density at radius 3 is 2.60 bits per heavy atom. The zero-order valence-electron chi connectivity index (χ0n) is 5.72. The zero-order chi connectivity index (χ0) is 7.98. The van der Waals surface area contributed by atoms with Gasteiger partial charge in [-0.1, -0.05) is 6.58 Å². The van der Waals surface area contributed by atoms with E-state index in [0.29, 0.717) is 10.2 Å². The molecule has 0 atom stereocenters. The van der Waals surface area contributed by atoms with Crippen molar-refractivity contribution in [3.8, 4) is 0 Å². The Morgan fingerprint density at radius 1 is 1.60 bits per heavy atom. The fourth-order valence-electron chi connectivity index (χ4n) is 0.296. The average molecular weight is 256 g/mol. The summed E-state index contributed by atoms with van der Waals surface area (Å²) < 4.78 is 9.72. The molecular weight excluding hydrogens is 247 g/mol. The van der Waals surface area contributed by atoms with Gasteiger partial charge in [0.05, 0.1) is 10.2 Å². The first-order valence-electron chi connectivity index (χ1n) is 2.69. The van der Waals surface area contributed by atoms with Crippen LogP contribution < -0.4 is 0 Å². The van der Waals surface area contributed by atoms with E-state index in [9.17, 15) is 4.79 Å². The van der Waals surface area contributed by atoms with Crippen LogP contribution in [0.4, 0.5) is 0 Å². The molecule has 0 aliphatic carbocycles. The van der Waals surface area contributed by atoms with E-state index >= 15 is 0 Å². The Bertz CT molecular complexity index is 133. The highest BCUT2D eigenvalue weighted by Crippen LogP contribution is 2.03. The maximum absolute atomic E-state index is 10.6. The molecule has 0 saturated heterocycles. The highest BCUT2D eigenvalue weighted by Gasteiger charge is 2.02. The van der Waals surface area contributed by atoms with E-state index in [-0.39, 0.29) is 12.6 Å². The molecule has 0 spiro atoms. The molecule has 3 nitrogen and oxygen atoms in total. The third-order valence-electron chi connectivity index (χ3n) is 0.742. The lowest BCUT2D eigenvalue weighted by atomic mass is 10.6. The third-order valence-corrected chi connectivity index (χ3v) is 1.18. The van der Waals surface area contributed by atoms with Gasteiger partial charge in [-0.05, 0) is 22.6 Å². The SMILES string of the molecule is C=C(I)C(=O)OCCOC. The standard InChI is InChI=1S/C6H9IO3/c1-5(7)6(8)10-4-3-9-2/h1,3-4H2,2H3. The Kier molecular flexibility index (Phi) is 5.61. The molecule has 58 valence electrons. The van der Waals surface area contributed by atoms with Crippen molar-refractivity contribution < 1.29 is 14.3 Å². The molecular formula is C6H9IO3. The molecule has 0 heterocycles. The van der Waals surface area contributed by atoms with Gasteiger partial charge in [0.25, 0.3) is 0 Å². The van der Waals surface area contributed by atoms with Crippen molar-refractivity contribution in [3.05, 3.63) is 10.2 Å². The second kappa shape index (κ2) is 5.67. The minimum Gasteiger partial charge on any atom is -0.459 e. The van der Waals surface area contributed by atoms with E-state index in [4.69, 9.17) is 0 Å². The van der Waals surface area contributed by atoms with Crippen molar-refractivity contribution in [2.24, 2.45) is 0 Å². The van der Waals surface area contributed by atoms with Crippen molar-refractivity contribution >= 4 is 28.6 Å². The van der Waals surface area contributed by atoms with Crippen LogP contribution in [0, 0.1) is 0 Å². The molecule has 0 radical (unpaired) electrons. The minimum atomic E-state index is -0.377. The van der Waals surface area contributed by atoms with Gasteiger partial charge in [0.1, 0.15) is 6.61 Å². The van der Waals surface area contributed by atoms with Gasteiger partial charge in [-0.15, -0.1) is 0 Å². The van der Waals surface area contributed by atoms with E-state index in [2.05, 4.69) is 16.1 Å². The fraction of sp³-hybridized carbons (Fsp3) is 0.500. The van der Waals surface area contributed by atoms with Crippen LogP contribution in [-0.4, -0.2) is 26.3 Å². The van der Waals surface area contributed by atoms with Gasteiger partial charge in [-0.25, -0.2) is 4.79 Å². The number of esters is 1. The van der Waals surface area contributed by atoms with E-state index < -0.39 is 0 Å². The number of carbonyl (C=O) groups is 1. The Morgan fingerprint density at radius 2 is 2.20 bits per heavy atom. The van der Waals surface area contributed by atoms with E-state index in [0.717, 1.165) is 0 Å². The lowest BCUT2D eigenvalue weighted by molar-refractivity contribution is -0.139. The van der Waals surface area contributed by atoms with Crippen LogP contribution in [0.5, 0.6) is 0 Å². The molecule has 0 aromatic rings. The quantitative estimate of drug-likeness (QED) is 0.327. The molecule has 0 fully saturated rings. The van der Waals surface area contributed by atoms with Crippen LogP contribution in [0.3, 0.4) is 0 Å². The normalized spacial score (nSPS) is 9.00. The summed E-state index contributed by atoms with van der Waals surface area (Å²) in [7, 11) is 1.55. The molecule has 4 heteroatoms. The molecule has 0 aliphatic rings. The van der Waals surface area contributed by atoms with Gasteiger partial charge in [0, 0.05) is 7.11 Å². The highest BCUT2D eigenvalue weighted by molar-refractivity contribution is 14.1. The summed E-state index contributed by atoms with van der Waals surface area (Å²) in [6.45, 7) is 4.12. The summed E-state index contributed by atoms with van der Waals surface area (Å²) in [6.07, 6.45) is 0. The highest BCUT2D eigenvalue weighted by atomic mass is 127. The van der Waals surface area contributed by atoms with Gasteiger partial charge < -0.3 is 9.47 Å². The molecule has 0 unspecified atom stereocenters. The number of rotatable bonds is 4. The lowest BCUT2D eigenvalue weighted by Crippen LogP contribution is -2.08. The van der Waals surface area contributed by atoms with Gasteiger partial charge in [0.2, 0.25) is 0 Å². The van der Waals surface area contributed by atoms with Crippen LogP contribution >= 0.6 is 22.6 Å². The topological polar surface area (TPSA) is 35.5 Å². The van der Waals surface area contributed by atoms with Crippen LogP contribution in [0.1, 0.15) is 0 Å². The zero-order valence-corrected chi connectivity index (χ0v) is 7.88. The number of methoxy groups -OCH3 is 1. The van der Waals surface area contributed by atoms with Crippen molar-refractivity contribution in [2.45, 2.75) is 0 Å². The first kappa shape index (κ1) is 9.90. The van der Waals surface area contributed by atoms with Crippen LogP contribution in [0.15, 0.2) is 10.2 Å². The van der Waals surface area contributed by atoms with Crippen molar-refractivity contribution in [1.82, 2.24) is 0 Å². The number of halogens is 1. The Balaban J connectivity index is 3.31. The Labute approximate surface area is 73.5 Å². The molecule has 0 N–H and O–H groups in total. The van der Waals surface area contributed by atoms with Crippen molar-refractivity contribution in [2.75, 3.05) is 20.3 Å². The molecule has 0 amide bonds. The van der Waals surface area contributed by atoms with Crippen LogP contribution in [0.2, 0.25) is 0 Å². The van der Waals surface area contributed by atoms with Gasteiger partial charge in [-0.2, -0.15) is 0 Å². The predicted molar refractivity (Wildman–Crippen MR) is 46.0 cm³/mol. The number of carbonyl (C=O) groups excluding carboxylic acids is 1. The second-order valence-corrected chi connectivity index (χ2v) is 2.84. The second-order valence-electron chi connectivity index (χ2n) is 1.53. The van der Waals surface area contributed by atoms with Crippen LogP contribution in [0.25, 0.3) is 0 Å². The van der Waals surface area contributed by atoms with Crippen molar-refractivity contribution in [1.29, 1.82) is 0 Å². The fourth-order valence-corrected chi connectivity index (χ4v) is 0.452. The Hall–Kier alpha value is -0.100. The summed E-state index contributed by atoms with van der Waals surface area (Å²) in [4.78, 5) is 10.6. The van der Waals surface area contributed by atoms with Crippen LogP contribution in [-0.2, 0) is 14.3 Å². The van der Waals surface area contributed by atoms with E-state index in [1.807, 2.05) is 22.6 Å². The molecule has 0 aromatic carbocycles. The summed E-state index contributed by atoms with van der Waals surface area (Å²) >= 11 is 1.81. The molecule has 0 bridgehead atoms. The first-order chi connectivity index (χ1) is 4.68. The minimum absolute atomic E-state index is 0.289. The molecule has 0 aliphatic heterocycles. The summed E-state index contributed by atoms with van der Waals surface area (Å²) in [5.41, 5.74) is 0. The molecule has 0 aromatic heterocycles. The molecule has 0 rings (SSSR count). The van der Waals surface area contributed by atoms with E-state index in [1.165, 1.54) is 0 Å². The summed E-state index contributed by atoms with van der Waals surface area (Å²) in [5.74, 6) is -0.377. The monoisotopic (exact) mass is 256 g/mol. The molecule has 0 saturated carbocycles. The van der Waals surface area contributed by atoms with Gasteiger partial charge in [0.15, 0.2) is 0 Å². The summed E-state index contributed by atoms with van der Waals surface area (Å²) in [6, 6.07) is 0. The predicted octanol–water partition coefficient (Wildman–Crippen LogP) is 1.12. The first-order valence-corrected chi connectivity index (χ1v) is 3.77. The van der Waals surface area contributed by atoms with Crippen molar-refractivity contribution in [3.63, 3.8) is 0 Å². The maximum atomic E-state index is 10.6. The smallest absolute Gasteiger partial charge is 0.343 e. The van der Waals surface area contributed by atoms with Gasteiger partial charge in [-0.3, -0.25) is 0 Å². The lowest BCUT2D eigenvalue weighted by Gasteiger charge is -2.00. The average Bonchev–Trinajstić information content (AvgIpc) is 1.88. The number of hydrogen-bond donors (Lipinski definition) is 0. The number of ether oxygens (including phenoxy) is 2. The number of hydrogen-bond acceptors (Lipinski definition) is 3.